The molecule has 1 saturated heterocycles. The molecule has 4 heterocycles. The van der Waals surface area contributed by atoms with Crippen LogP contribution in [0, 0.1) is 6.92 Å². The normalized spacial score (nSPS) is 17.6. The molecular weight excluding hydrogens is 318 g/mol. The Balaban J connectivity index is 1.59. The van der Waals surface area contributed by atoms with Crippen LogP contribution < -0.4 is 0 Å². The number of piperidine rings is 1. The van der Waals surface area contributed by atoms with Crippen molar-refractivity contribution in [1.29, 1.82) is 0 Å². The van der Waals surface area contributed by atoms with Gasteiger partial charge in [-0.25, -0.2) is 14.6 Å². The van der Waals surface area contributed by atoms with Gasteiger partial charge in [-0.1, -0.05) is 0 Å². The fourth-order valence-corrected chi connectivity index (χ4v) is 3.22. The molecule has 0 unspecified atom stereocenters. The Bertz CT molecular complexity index is 871. The van der Waals surface area contributed by atoms with Crippen LogP contribution in [0.4, 0.5) is 0 Å². The van der Waals surface area contributed by atoms with E-state index in [1.54, 1.807) is 24.7 Å². The van der Waals surface area contributed by atoms with Crippen LogP contribution in [0.1, 0.15) is 34.8 Å². The van der Waals surface area contributed by atoms with Gasteiger partial charge >= 0.3 is 0 Å². The first-order valence-electron chi connectivity index (χ1n) is 8.32. The van der Waals surface area contributed by atoms with Gasteiger partial charge in [-0.15, -0.1) is 0 Å². The smallest absolute Gasteiger partial charge is 0.257 e. The van der Waals surface area contributed by atoms with Crippen molar-refractivity contribution in [2.45, 2.75) is 25.8 Å². The summed E-state index contributed by atoms with van der Waals surface area (Å²) >= 11 is 0. The summed E-state index contributed by atoms with van der Waals surface area (Å²) < 4.78 is 3.49. The predicted molar refractivity (Wildman–Crippen MR) is 90.3 cm³/mol. The highest BCUT2D eigenvalue weighted by Crippen LogP contribution is 2.23. The Kier molecular flexibility index (Phi) is 4.01. The molecule has 25 heavy (non-hydrogen) atoms. The molecule has 0 aliphatic carbocycles. The maximum atomic E-state index is 13.1. The van der Waals surface area contributed by atoms with E-state index < -0.39 is 0 Å². The largest absolute Gasteiger partial charge is 0.336 e. The van der Waals surface area contributed by atoms with Gasteiger partial charge in [-0.3, -0.25) is 9.48 Å². The number of amides is 1. The number of hydrogen-bond donors (Lipinski definition) is 0. The molecule has 1 aliphatic rings. The molecule has 1 atom stereocenters. The lowest BCUT2D eigenvalue weighted by molar-refractivity contribution is 0.0672. The molecule has 4 rings (SSSR count). The summed E-state index contributed by atoms with van der Waals surface area (Å²) in [6.07, 6.45) is 10.5. The van der Waals surface area contributed by atoms with E-state index in [1.165, 1.54) is 11.0 Å². The lowest BCUT2D eigenvalue weighted by Gasteiger charge is -2.33. The molecule has 0 aromatic carbocycles. The Morgan fingerprint density at radius 1 is 1.32 bits per heavy atom. The number of likely N-dealkylation sites (tertiary alicyclic amines) is 1. The summed E-state index contributed by atoms with van der Waals surface area (Å²) in [5, 5.41) is 8.51. The van der Waals surface area contributed by atoms with E-state index >= 15 is 0 Å². The predicted octanol–water partition coefficient (Wildman–Crippen LogP) is 1.64. The Morgan fingerprint density at radius 2 is 2.24 bits per heavy atom. The summed E-state index contributed by atoms with van der Waals surface area (Å²) in [7, 11) is 0. The second kappa shape index (κ2) is 6.46. The standard InChI is InChI=1S/C17H19N7O/c1-13-8-20-23(9-13)14-4-3-7-22(10-14)17(25)15-5-2-6-19-16(15)24-12-18-11-21-24/h2,5-6,8-9,11-12,14H,3-4,7,10H2,1H3/t14-/m1/s1. The van der Waals surface area contributed by atoms with Crippen molar-refractivity contribution >= 4 is 5.91 Å². The maximum absolute atomic E-state index is 13.1. The third kappa shape index (κ3) is 3.02. The molecule has 0 bridgehead atoms. The fraction of sp³-hybridized carbons (Fsp3) is 0.353. The molecule has 1 aliphatic heterocycles. The van der Waals surface area contributed by atoms with Crippen LogP contribution in [0.3, 0.4) is 0 Å². The van der Waals surface area contributed by atoms with E-state index in [0.717, 1.165) is 24.9 Å². The van der Waals surface area contributed by atoms with Gasteiger partial charge in [0.2, 0.25) is 0 Å². The quantitative estimate of drug-likeness (QED) is 0.726. The summed E-state index contributed by atoms with van der Waals surface area (Å²) in [6, 6.07) is 3.76. The minimum atomic E-state index is -0.0350. The number of aromatic nitrogens is 6. The molecule has 0 spiro atoms. The highest BCUT2D eigenvalue weighted by Gasteiger charge is 2.27. The van der Waals surface area contributed by atoms with Crippen molar-refractivity contribution in [2.24, 2.45) is 0 Å². The SMILES string of the molecule is Cc1cnn([C@@H]2CCCN(C(=O)c3cccnc3-n3cncn3)C2)c1. The van der Waals surface area contributed by atoms with Crippen LogP contribution >= 0.6 is 0 Å². The number of aryl methyl sites for hydroxylation is 1. The first-order chi connectivity index (χ1) is 12.2. The molecule has 3 aromatic heterocycles. The van der Waals surface area contributed by atoms with Gasteiger partial charge in [0.05, 0.1) is 17.8 Å². The zero-order valence-corrected chi connectivity index (χ0v) is 14.0. The fourth-order valence-electron chi connectivity index (χ4n) is 3.22. The Hall–Kier alpha value is -3.03. The molecule has 3 aromatic rings. The zero-order chi connectivity index (χ0) is 17.2. The molecule has 0 saturated carbocycles. The molecule has 8 nitrogen and oxygen atoms in total. The first kappa shape index (κ1) is 15.5. The van der Waals surface area contributed by atoms with E-state index in [0.29, 0.717) is 17.9 Å². The van der Waals surface area contributed by atoms with Gasteiger partial charge in [0.15, 0.2) is 5.82 Å². The van der Waals surface area contributed by atoms with E-state index in [4.69, 9.17) is 0 Å². The van der Waals surface area contributed by atoms with Crippen molar-refractivity contribution < 1.29 is 4.79 Å². The Labute approximate surface area is 145 Å². The minimum Gasteiger partial charge on any atom is -0.336 e. The number of nitrogens with zero attached hydrogens (tertiary/aromatic N) is 7. The van der Waals surface area contributed by atoms with Gasteiger partial charge in [-0.2, -0.15) is 10.2 Å². The third-order valence-corrected chi connectivity index (χ3v) is 4.44. The summed E-state index contributed by atoms with van der Waals surface area (Å²) in [6.45, 7) is 3.40. The Morgan fingerprint density at radius 3 is 3.00 bits per heavy atom. The average molecular weight is 337 g/mol. The van der Waals surface area contributed by atoms with Crippen LogP contribution in [-0.2, 0) is 0 Å². The van der Waals surface area contributed by atoms with E-state index in [9.17, 15) is 4.79 Å². The third-order valence-electron chi connectivity index (χ3n) is 4.44. The molecule has 1 fully saturated rings. The highest BCUT2D eigenvalue weighted by atomic mass is 16.2. The van der Waals surface area contributed by atoms with E-state index in [1.807, 2.05) is 28.9 Å². The van der Waals surface area contributed by atoms with Gasteiger partial charge in [-0.05, 0) is 37.5 Å². The molecule has 1 amide bonds. The van der Waals surface area contributed by atoms with Crippen LogP contribution in [0.2, 0.25) is 0 Å². The lowest BCUT2D eigenvalue weighted by atomic mass is 10.0. The molecule has 0 radical (unpaired) electrons. The van der Waals surface area contributed by atoms with Gasteiger partial charge in [0, 0.05) is 25.5 Å². The van der Waals surface area contributed by atoms with Crippen molar-refractivity contribution in [3.63, 3.8) is 0 Å². The van der Waals surface area contributed by atoms with E-state index in [-0.39, 0.29) is 11.9 Å². The van der Waals surface area contributed by atoms with Crippen LogP contribution in [0.5, 0.6) is 0 Å². The molecule has 128 valence electrons. The molecule has 8 heteroatoms. The number of hydrogen-bond acceptors (Lipinski definition) is 5. The van der Waals surface area contributed by atoms with Crippen LogP contribution in [-0.4, -0.2) is 53.4 Å². The second-order valence-electron chi connectivity index (χ2n) is 6.26. The average Bonchev–Trinajstić information content (AvgIpc) is 3.33. The van der Waals surface area contributed by atoms with E-state index in [2.05, 4.69) is 20.2 Å². The molecular formula is C17H19N7O. The highest BCUT2D eigenvalue weighted by molar-refractivity contribution is 5.97. The number of carbonyl (C=O) groups is 1. The van der Waals surface area contributed by atoms with Crippen molar-refractivity contribution in [3.05, 3.63) is 54.5 Å². The minimum absolute atomic E-state index is 0.0350. The zero-order valence-electron chi connectivity index (χ0n) is 14.0. The first-order valence-corrected chi connectivity index (χ1v) is 8.32. The summed E-state index contributed by atoms with van der Waals surface area (Å²) in [4.78, 5) is 23.2. The van der Waals surface area contributed by atoms with Gasteiger partial charge in [0.25, 0.3) is 5.91 Å². The summed E-state index contributed by atoms with van der Waals surface area (Å²) in [5.41, 5.74) is 1.66. The van der Waals surface area contributed by atoms with Gasteiger partial charge < -0.3 is 4.90 Å². The monoisotopic (exact) mass is 337 g/mol. The van der Waals surface area contributed by atoms with Crippen molar-refractivity contribution in [1.82, 2.24) is 34.4 Å². The topological polar surface area (TPSA) is 81.7 Å². The number of rotatable bonds is 3. The van der Waals surface area contributed by atoms with Crippen LogP contribution in [0.15, 0.2) is 43.4 Å². The number of carbonyl (C=O) groups excluding carboxylic acids is 1. The maximum Gasteiger partial charge on any atom is 0.257 e. The number of pyridine rings is 1. The van der Waals surface area contributed by atoms with Crippen LogP contribution in [0.25, 0.3) is 5.82 Å². The molecule has 0 N–H and O–H groups in total. The van der Waals surface area contributed by atoms with Crippen molar-refractivity contribution in [2.75, 3.05) is 13.1 Å². The van der Waals surface area contributed by atoms with Crippen molar-refractivity contribution in [3.8, 4) is 5.82 Å². The second-order valence-corrected chi connectivity index (χ2v) is 6.26. The lowest BCUT2D eigenvalue weighted by Crippen LogP contribution is -2.41. The van der Waals surface area contributed by atoms with Gasteiger partial charge in [0.1, 0.15) is 12.7 Å². The summed E-state index contributed by atoms with van der Waals surface area (Å²) in [5.74, 6) is 0.467.